The summed E-state index contributed by atoms with van der Waals surface area (Å²) >= 11 is 0. The number of nitrogens with zero attached hydrogens (tertiary/aromatic N) is 2. The van der Waals surface area contributed by atoms with Gasteiger partial charge in [0.2, 0.25) is 10.0 Å². The van der Waals surface area contributed by atoms with Gasteiger partial charge in [0.1, 0.15) is 0 Å². The van der Waals surface area contributed by atoms with Crippen LogP contribution in [0.4, 0.5) is 0 Å². The lowest BCUT2D eigenvalue weighted by Gasteiger charge is -2.13. The van der Waals surface area contributed by atoms with E-state index < -0.39 is 20.0 Å². The molecule has 0 aliphatic carbocycles. The number of aliphatic hydroxyl groups is 1. The Kier molecular flexibility index (Phi) is 7.19. The minimum absolute atomic E-state index is 0.0206. The molecule has 0 radical (unpaired) electrons. The van der Waals surface area contributed by atoms with Crippen molar-refractivity contribution >= 4 is 42.0 Å². The van der Waals surface area contributed by atoms with Crippen LogP contribution in [0.15, 0.2) is 107 Å². The first-order chi connectivity index (χ1) is 20.2. The van der Waals surface area contributed by atoms with Gasteiger partial charge < -0.3 is 10.1 Å². The molecule has 11 heteroatoms. The van der Waals surface area contributed by atoms with Crippen molar-refractivity contribution in [2.45, 2.75) is 23.1 Å². The molecule has 3 N–H and O–H groups in total. The molecule has 0 spiro atoms. The van der Waals surface area contributed by atoms with Crippen molar-refractivity contribution in [3.63, 3.8) is 0 Å². The zero-order valence-corrected chi connectivity index (χ0v) is 24.3. The third kappa shape index (κ3) is 4.90. The molecule has 6 aromatic rings. The number of aromatic nitrogens is 3. The molecule has 42 heavy (non-hydrogen) atoms. The Morgan fingerprint density at radius 1 is 0.857 bits per heavy atom. The van der Waals surface area contributed by atoms with Crippen LogP contribution in [0.5, 0.6) is 0 Å². The number of rotatable bonds is 9. The predicted molar refractivity (Wildman–Crippen MR) is 163 cm³/mol. The highest BCUT2D eigenvalue weighted by atomic mass is 32.2. The molecule has 0 saturated heterocycles. The van der Waals surface area contributed by atoms with E-state index in [9.17, 15) is 16.8 Å². The van der Waals surface area contributed by atoms with E-state index in [0.717, 1.165) is 27.6 Å². The molecule has 0 unspecified atom stereocenters. The summed E-state index contributed by atoms with van der Waals surface area (Å²) in [5.74, 6) is 0. The smallest absolute Gasteiger partial charge is 0.269 e. The lowest BCUT2D eigenvalue weighted by molar-refractivity contribution is 0.289. The molecule has 6 rings (SSSR count). The molecule has 3 aromatic heterocycles. The number of hydrogen-bond acceptors (Lipinski definition) is 6. The van der Waals surface area contributed by atoms with E-state index in [1.54, 1.807) is 48.7 Å². The van der Waals surface area contributed by atoms with Crippen LogP contribution in [0, 0.1) is 6.92 Å². The summed E-state index contributed by atoms with van der Waals surface area (Å²) in [6, 6.07) is 24.2. The summed E-state index contributed by atoms with van der Waals surface area (Å²) in [4.78, 5) is 7.81. The van der Waals surface area contributed by atoms with Crippen molar-refractivity contribution in [3.8, 4) is 22.4 Å². The van der Waals surface area contributed by atoms with Gasteiger partial charge in [-0.1, -0.05) is 42.0 Å². The third-order valence-corrected chi connectivity index (χ3v) is 10.3. The van der Waals surface area contributed by atoms with Gasteiger partial charge in [-0.25, -0.2) is 30.5 Å². The van der Waals surface area contributed by atoms with Gasteiger partial charge in [-0.05, 0) is 73.0 Å². The molecule has 0 atom stereocenters. The highest BCUT2D eigenvalue weighted by molar-refractivity contribution is 7.90. The second kappa shape index (κ2) is 10.8. The van der Waals surface area contributed by atoms with E-state index in [1.807, 2.05) is 43.5 Å². The minimum Gasteiger partial charge on any atom is -0.396 e. The number of benzene rings is 3. The Bertz CT molecular complexity index is 2150. The van der Waals surface area contributed by atoms with Gasteiger partial charge in [-0.3, -0.25) is 0 Å². The number of aromatic amines is 1. The molecule has 0 amide bonds. The standard InChI is InChI=1S/C31H28N4O5S2/c1-21-9-11-23(12-10-21)42(39,40)35-30(22-5-2-6-24(19-22)41(37,38)34-15-4-18-36)20-28-26(13-17-33-31(28)35)25-7-3-8-29-27(25)14-16-32-29/h2-3,5-14,16-17,19-20,32,34,36H,4,15,18H2,1H3. The van der Waals surface area contributed by atoms with Gasteiger partial charge in [0.05, 0.1) is 15.5 Å². The molecular formula is C31H28N4O5S2. The number of sulfonamides is 1. The van der Waals surface area contributed by atoms with Crippen molar-refractivity contribution in [1.29, 1.82) is 0 Å². The van der Waals surface area contributed by atoms with Gasteiger partial charge in [0.15, 0.2) is 5.65 Å². The fourth-order valence-electron chi connectivity index (χ4n) is 5.08. The van der Waals surface area contributed by atoms with Gasteiger partial charge in [-0.2, -0.15) is 0 Å². The molecule has 9 nitrogen and oxygen atoms in total. The maximum atomic E-state index is 14.3. The summed E-state index contributed by atoms with van der Waals surface area (Å²) in [5, 5.41) is 10.6. The number of fused-ring (bicyclic) bond motifs is 2. The Morgan fingerprint density at radius 3 is 2.40 bits per heavy atom. The summed E-state index contributed by atoms with van der Waals surface area (Å²) in [5.41, 5.74) is 4.44. The predicted octanol–water partition coefficient (Wildman–Crippen LogP) is 5.06. The Morgan fingerprint density at radius 2 is 1.62 bits per heavy atom. The molecule has 0 fully saturated rings. The zero-order chi connectivity index (χ0) is 29.5. The van der Waals surface area contributed by atoms with Gasteiger partial charge in [-0.15, -0.1) is 0 Å². The summed E-state index contributed by atoms with van der Waals surface area (Å²) < 4.78 is 58.2. The van der Waals surface area contributed by atoms with Gasteiger partial charge in [0.25, 0.3) is 10.0 Å². The minimum atomic E-state index is -4.16. The van der Waals surface area contributed by atoms with E-state index >= 15 is 0 Å². The molecule has 3 heterocycles. The maximum Gasteiger partial charge on any atom is 0.269 e. The Balaban J connectivity index is 1.62. The monoisotopic (exact) mass is 600 g/mol. The fraction of sp³-hybridized carbons (Fsp3) is 0.129. The average Bonchev–Trinajstić information content (AvgIpc) is 3.63. The van der Waals surface area contributed by atoms with Gasteiger partial charge in [0, 0.05) is 47.4 Å². The van der Waals surface area contributed by atoms with E-state index in [0.29, 0.717) is 10.9 Å². The average molecular weight is 601 g/mol. The molecule has 214 valence electrons. The summed E-state index contributed by atoms with van der Waals surface area (Å²) in [7, 11) is -8.07. The number of aryl methyl sites for hydroxylation is 1. The Labute approximate surface area is 243 Å². The SMILES string of the molecule is Cc1ccc(S(=O)(=O)n2c(-c3cccc(S(=O)(=O)NCCCO)c3)cc3c(-c4cccc5[nH]ccc45)ccnc32)cc1. The molecule has 0 aliphatic rings. The van der Waals surface area contributed by atoms with Crippen molar-refractivity contribution in [2.24, 2.45) is 0 Å². The van der Waals surface area contributed by atoms with E-state index in [-0.39, 0.29) is 40.7 Å². The van der Waals surface area contributed by atoms with Crippen molar-refractivity contribution in [1.82, 2.24) is 18.7 Å². The van der Waals surface area contributed by atoms with Crippen LogP contribution in [0.3, 0.4) is 0 Å². The lowest BCUT2D eigenvalue weighted by atomic mass is 10.00. The first-order valence-electron chi connectivity index (χ1n) is 13.3. The van der Waals surface area contributed by atoms with Gasteiger partial charge >= 0.3 is 0 Å². The van der Waals surface area contributed by atoms with E-state index in [1.165, 1.54) is 16.1 Å². The van der Waals surface area contributed by atoms with Crippen LogP contribution >= 0.6 is 0 Å². The first-order valence-corrected chi connectivity index (χ1v) is 16.2. The number of H-pyrrole nitrogens is 1. The van der Waals surface area contributed by atoms with Crippen LogP contribution in [0.1, 0.15) is 12.0 Å². The van der Waals surface area contributed by atoms with E-state index in [2.05, 4.69) is 14.7 Å². The first kappa shape index (κ1) is 27.9. The van der Waals surface area contributed by atoms with Crippen molar-refractivity contribution < 1.29 is 21.9 Å². The topological polar surface area (TPSA) is 134 Å². The number of aliphatic hydroxyl groups excluding tert-OH is 1. The van der Waals surface area contributed by atoms with Crippen LogP contribution < -0.4 is 4.72 Å². The Hall–Kier alpha value is -4.29. The highest BCUT2D eigenvalue weighted by Crippen LogP contribution is 2.38. The van der Waals surface area contributed by atoms with E-state index in [4.69, 9.17) is 5.11 Å². The van der Waals surface area contributed by atoms with Crippen LogP contribution in [-0.2, 0) is 20.0 Å². The zero-order valence-electron chi connectivity index (χ0n) is 22.7. The van der Waals surface area contributed by atoms with Crippen LogP contribution in [0.25, 0.3) is 44.3 Å². The molecule has 0 bridgehead atoms. The third-order valence-electron chi connectivity index (χ3n) is 7.17. The molecule has 0 saturated carbocycles. The molecular weight excluding hydrogens is 572 g/mol. The largest absolute Gasteiger partial charge is 0.396 e. The maximum absolute atomic E-state index is 14.3. The number of hydrogen-bond donors (Lipinski definition) is 3. The quantitative estimate of drug-likeness (QED) is 0.199. The summed E-state index contributed by atoms with van der Waals surface area (Å²) in [6.45, 7) is 1.80. The normalized spacial score (nSPS) is 12.3. The molecule has 3 aromatic carbocycles. The fourth-order valence-corrected chi connectivity index (χ4v) is 7.68. The second-order valence-corrected chi connectivity index (χ2v) is 13.5. The van der Waals surface area contributed by atoms with Crippen molar-refractivity contribution in [2.75, 3.05) is 13.2 Å². The number of nitrogens with one attached hydrogen (secondary N) is 2. The van der Waals surface area contributed by atoms with Crippen molar-refractivity contribution in [3.05, 3.63) is 103 Å². The van der Waals surface area contributed by atoms with Crippen LogP contribution in [-0.4, -0.2) is 49.0 Å². The number of pyridine rings is 1. The second-order valence-electron chi connectivity index (χ2n) is 9.96. The lowest BCUT2D eigenvalue weighted by Crippen LogP contribution is -2.25. The molecule has 0 aliphatic heterocycles. The highest BCUT2D eigenvalue weighted by Gasteiger charge is 2.27. The van der Waals surface area contributed by atoms with Crippen LogP contribution in [0.2, 0.25) is 0 Å². The summed E-state index contributed by atoms with van der Waals surface area (Å²) in [6.07, 6.45) is 3.70.